The van der Waals surface area contributed by atoms with Gasteiger partial charge in [-0.1, -0.05) is 0 Å². The Bertz CT molecular complexity index is 1730. The van der Waals surface area contributed by atoms with Gasteiger partial charge in [-0.15, -0.1) is 0 Å². The van der Waals surface area contributed by atoms with Crippen LogP contribution in [0.5, 0.6) is 0 Å². The van der Waals surface area contributed by atoms with E-state index in [0.29, 0.717) is 0 Å². The number of nitrogens with zero attached hydrogens (tertiary/aromatic N) is 8. The van der Waals surface area contributed by atoms with Crippen LogP contribution >= 0.6 is 16.5 Å². The van der Waals surface area contributed by atoms with Gasteiger partial charge in [0.15, 0.2) is 47.7 Å². The molecule has 3 aliphatic heterocycles. The second-order valence-electron chi connectivity index (χ2n) is 9.91. The molecule has 3 fully saturated rings. The monoisotopic (exact) mass is 644 g/mol. The summed E-state index contributed by atoms with van der Waals surface area (Å²) in [7, 11) is -6.88. The molecule has 0 radical (unpaired) electrons. The number of anilines is 2. The molecule has 3 saturated heterocycles. The highest BCUT2D eigenvalue weighted by atomic mass is 31.1. The fourth-order valence-corrected chi connectivity index (χ4v) is 7.20. The smallest absolute Gasteiger partial charge is 0.319 e. The van der Waals surface area contributed by atoms with Crippen molar-refractivity contribution in [3.8, 4) is 0 Å². The molecule has 4 N–H and O–H groups in total. The summed E-state index contributed by atoms with van der Waals surface area (Å²) in [6.07, 6.45) is -8.33. The molecule has 0 aromatic carbocycles. The number of hydrogen-bond acceptors (Lipinski definition) is 16. The Morgan fingerprint density at radius 2 is 1.33 bits per heavy atom. The quantitative estimate of drug-likeness (QED) is 0.293. The number of nitrogens with two attached hydrogens (primary N) is 2. The van der Waals surface area contributed by atoms with Gasteiger partial charge in [0.2, 0.25) is 0 Å². The number of hydrogen-bond donors (Lipinski definition) is 2. The molecule has 0 aliphatic carbocycles. The lowest BCUT2D eigenvalue weighted by atomic mass is 10.1. The third-order valence-corrected chi connectivity index (χ3v) is 9.27. The van der Waals surface area contributed by atoms with Crippen molar-refractivity contribution in [2.45, 2.75) is 62.2 Å². The Hall–Kier alpha value is -3.22. The minimum absolute atomic E-state index is 0.0746. The molecular formula is C21H24F2N10O8P2. The van der Waals surface area contributed by atoms with Crippen LogP contribution in [-0.4, -0.2) is 88.5 Å². The average Bonchev–Trinajstić information content (AvgIpc) is 3.73. The summed E-state index contributed by atoms with van der Waals surface area (Å²) >= 11 is 0. The van der Waals surface area contributed by atoms with Gasteiger partial charge in [0.25, 0.3) is 0 Å². The average molecular weight is 644 g/mol. The molecule has 11 atom stereocenters. The minimum Gasteiger partial charge on any atom is -0.382 e. The van der Waals surface area contributed by atoms with Gasteiger partial charge in [0, 0.05) is 0 Å². The van der Waals surface area contributed by atoms with Crippen molar-refractivity contribution < 1.29 is 45.5 Å². The van der Waals surface area contributed by atoms with Crippen molar-refractivity contribution in [3.63, 3.8) is 0 Å². The molecule has 18 nitrogen and oxygen atoms in total. The maximum absolute atomic E-state index is 15.9. The first-order chi connectivity index (χ1) is 20.7. The standard InChI is InChI=1S/C21H24F2N10O8P2/c1-7-13-15(10(23)21(38-13)33-6-31-12-17(25)27-4-29-19(12)33)41-42(34)36-2-8-14(40-43(35)39-7)9(22)20(37-8)32-5-30-11-16(24)26-3-28-18(11)32/h3-10,13-15,20-21,42-43H,2H2,1H3,(H2,24,26,28)(H2,25,27,29)/t7-,8?,9+,10+,13+,14+,15-,20+,21+/m0/s1. The SMILES string of the molecule is C[C@@H]1O[PH](=O)O[C@@H]2C(CO[PH](=O)O[C@H]3[C@@H](F)[C@H](n4cnc5c(N)ncnc54)O[C@@H]31)O[C@@H](n1cnc3c(N)ncnc31)[C@@H]2F. The first-order valence-corrected chi connectivity index (χ1v) is 15.3. The van der Waals surface area contributed by atoms with E-state index in [1.807, 2.05) is 0 Å². The first kappa shape index (κ1) is 28.5. The first-order valence-electron chi connectivity index (χ1n) is 12.9. The minimum atomic E-state index is -3.45. The summed E-state index contributed by atoms with van der Waals surface area (Å²) < 4.78 is 93.9. The Kier molecular flexibility index (Phi) is 7.33. The normalized spacial score (nSPS) is 37.1. The molecule has 0 spiro atoms. The van der Waals surface area contributed by atoms with Crippen LogP contribution < -0.4 is 11.5 Å². The molecule has 0 amide bonds. The lowest BCUT2D eigenvalue weighted by Crippen LogP contribution is -2.39. The number of rotatable bonds is 2. The second-order valence-corrected chi connectivity index (χ2v) is 11.9. The highest BCUT2D eigenvalue weighted by molar-refractivity contribution is 7.33. The number of alkyl halides is 2. The molecule has 0 bridgehead atoms. The Balaban J connectivity index is 1.14. The maximum atomic E-state index is 15.9. The number of imidazole rings is 2. The molecule has 43 heavy (non-hydrogen) atoms. The van der Waals surface area contributed by atoms with Gasteiger partial charge >= 0.3 is 16.5 Å². The highest BCUT2D eigenvalue weighted by Gasteiger charge is 2.53. The second kappa shape index (κ2) is 11.0. The summed E-state index contributed by atoms with van der Waals surface area (Å²) in [5, 5.41) is 0. The molecule has 3 aliphatic rings. The number of aromatic nitrogens is 8. The fraction of sp³-hybridized carbons (Fsp3) is 0.524. The van der Waals surface area contributed by atoms with Gasteiger partial charge in [0.05, 0.1) is 25.4 Å². The van der Waals surface area contributed by atoms with Crippen molar-refractivity contribution in [2.24, 2.45) is 0 Å². The van der Waals surface area contributed by atoms with Crippen LogP contribution in [0.3, 0.4) is 0 Å². The summed E-state index contributed by atoms with van der Waals surface area (Å²) in [5.41, 5.74) is 12.5. The van der Waals surface area contributed by atoms with Gasteiger partial charge in [-0.2, -0.15) is 0 Å². The lowest BCUT2D eigenvalue weighted by molar-refractivity contribution is -0.0745. The third kappa shape index (κ3) is 4.87. The van der Waals surface area contributed by atoms with E-state index in [1.54, 1.807) is 0 Å². The molecule has 3 unspecified atom stereocenters. The van der Waals surface area contributed by atoms with Crippen LogP contribution in [0.4, 0.5) is 20.4 Å². The van der Waals surface area contributed by atoms with E-state index in [2.05, 4.69) is 29.9 Å². The Morgan fingerprint density at radius 3 is 1.95 bits per heavy atom. The molecule has 230 valence electrons. The number of halogens is 2. The van der Waals surface area contributed by atoms with Gasteiger partial charge in [-0.05, 0) is 6.92 Å². The molecule has 7 rings (SSSR count). The van der Waals surface area contributed by atoms with Crippen molar-refractivity contribution in [1.29, 1.82) is 0 Å². The zero-order chi connectivity index (χ0) is 30.0. The van der Waals surface area contributed by atoms with Crippen LogP contribution in [-0.2, 0) is 36.7 Å². The van der Waals surface area contributed by atoms with E-state index in [0.717, 1.165) is 0 Å². The van der Waals surface area contributed by atoms with E-state index >= 15 is 8.78 Å². The molecule has 0 saturated carbocycles. The predicted molar refractivity (Wildman–Crippen MR) is 141 cm³/mol. The van der Waals surface area contributed by atoms with E-state index < -0.39 is 78.4 Å². The zero-order valence-corrected chi connectivity index (χ0v) is 24.0. The van der Waals surface area contributed by atoms with Crippen molar-refractivity contribution in [2.75, 3.05) is 18.1 Å². The van der Waals surface area contributed by atoms with Crippen LogP contribution in [0.1, 0.15) is 19.4 Å². The number of nitrogen functional groups attached to an aromatic ring is 2. The highest BCUT2D eigenvalue weighted by Crippen LogP contribution is 2.47. The summed E-state index contributed by atoms with van der Waals surface area (Å²) in [4.78, 5) is 24.1. The van der Waals surface area contributed by atoms with Gasteiger partial charge in [-0.25, -0.2) is 38.7 Å². The van der Waals surface area contributed by atoms with Crippen LogP contribution in [0.15, 0.2) is 25.3 Å². The van der Waals surface area contributed by atoms with Crippen molar-refractivity contribution in [1.82, 2.24) is 39.0 Å². The van der Waals surface area contributed by atoms with E-state index in [1.165, 1.54) is 41.4 Å². The maximum Gasteiger partial charge on any atom is 0.319 e. The van der Waals surface area contributed by atoms with Crippen LogP contribution in [0, 0.1) is 0 Å². The van der Waals surface area contributed by atoms with Crippen molar-refractivity contribution >= 4 is 50.5 Å². The lowest BCUT2D eigenvalue weighted by Gasteiger charge is -2.27. The molecule has 4 aromatic heterocycles. The van der Waals surface area contributed by atoms with Crippen LogP contribution in [0.25, 0.3) is 22.3 Å². The fourth-order valence-electron chi connectivity index (χ4n) is 5.34. The van der Waals surface area contributed by atoms with E-state index in [-0.39, 0.29) is 34.0 Å². The molecule has 4 aromatic rings. The van der Waals surface area contributed by atoms with Crippen LogP contribution in [0.2, 0.25) is 0 Å². The summed E-state index contributed by atoms with van der Waals surface area (Å²) in [6, 6.07) is 0. The topological polar surface area (TPSA) is 229 Å². The molecule has 22 heteroatoms. The summed E-state index contributed by atoms with van der Waals surface area (Å²) in [6.45, 7) is 0.910. The number of fused-ring (bicyclic) bond motifs is 4. The molecular weight excluding hydrogens is 620 g/mol. The largest absolute Gasteiger partial charge is 0.382 e. The van der Waals surface area contributed by atoms with E-state index in [9.17, 15) is 9.13 Å². The van der Waals surface area contributed by atoms with Gasteiger partial charge in [0.1, 0.15) is 48.1 Å². The van der Waals surface area contributed by atoms with E-state index in [4.69, 9.17) is 39.0 Å². The summed E-state index contributed by atoms with van der Waals surface area (Å²) in [5.74, 6) is 0.150. The Labute approximate surface area is 240 Å². The van der Waals surface area contributed by atoms with Gasteiger partial charge < -0.3 is 39.0 Å². The Morgan fingerprint density at radius 1 is 0.767 bits per heavy atom. The third-order valence-electron chi connectivity index (χ3n) is 7.37. The number of ether oxygens (including phenoxy) is 2. The van der Waals surface area contributed by atoms with Gasteiger partial charge in [-0.3, -0.25) is 18.3 Å². The predicted octanol–water partition coefficient (Wildman–Crippen LogP) is 1.29. The zero-order valence-electron chi connectivity index (χ0n) is 22.0. The molecule has 7 heterocycles. The van der Waals surface area contributed by atoms with Crippen molar-refractivity contribution in [3.05, 3.63) is 25.3 Å².